The number of hydrogen-bond acceptors (Lipinski definition) is 4. The van der Waals surface area contributed by atoms with Gasteiger partial charge in [-0.1, -0.05) is 18.2 Å². The summed E-state index contributed by atoms with van der Waals surface area (Å²) < 4.78 is 1.81. The molecule has 0 saturated heterocycles. The van der Waals surface area contributed by atoms with Crippen LogP contribution in [0.2, 0.25) is 0 Å². The lowest BCUT2D eigenvalue weighted by atomic mass is 10.2. The van der Waals surface area contributed by atoms with Crippen molar-refractivity contribution >= 4 is 11.6 Å². The molecule has 0 fully saturated rings. The second kappa shape index (κ2) is 6.10. The first-order valence-corrected chi connectivity index (χ1v) is 6.09. The highest BCUT2D eigenvalue weighted by Gasteiger charge is 2.13. The summed E-state index contributed by atoms with van der Waals surface area (Å²) in [6.07, 6.45) is 1.63. The Morgan fingerprint density at radius 3 is 2.74 bits per heavy atom. The highest BCUT2D eigenvalue weighted by molar-refractivity contribution is 5.94. The van der Waals surface area contributed by atoms with Crippen molar-refractivity contribution in [2.75, 3.05) is 5.32 Å². The molecule has 0 aliphatic rings. The predicted octanol–water partition coefficient (Wildman–Crippen LogP) is 0.932. The van der Waals surface area contributed by atoms with Gasteiger partial charge in [-0.2, -0.15) is 0 Å². The molecule has 6 heteroatoms. The van der Waals surface area contributed by atoms with E-state index in [9.17, 15) is 4.79 Å². The fourth-order valence-corrected chi connectivity index (χ4v) is 1.58. The number of nitrogens with one attached hydrogen (secondary N) is 2. The second-order valence-corrected chi connectivity index (χ2v) is 4.32. The fourth-order valence-electron chi connectivity index (χ4n) is 1.58. The van der Waals surface area contributed by atoms with Gasteiger partial charge in [-0.25, -0.2) is 0 Å². The first-order valence-electron chi connectivity index (χ1n) is 6.09. The van der Waals surface area contributed by atoms with E-state index in [2.05, 4.69) is 20.8 Å². The maximum Gasteiger partial charge on any atom is 0.241 e. The summed E-state index contributed by atoms with van der Waals surface area (Å²) in [5, 5.41) is 13.7. The summed E-state index contributed by atoms with van der Waals surface area (Å²) in [7, 11) is 1.87. The average Bonchev–Trinajstić information content (AvgIpc) is 2.82. The smallest absolute Gasteiger partial charge is 0.241 e. The molecule has 2 N–H and O–H groups in total. The third-order valence-corrected chi connectivity index (χ3v) is 2.81. The number of benzene rings is 1. The minimum Gasteiger partial charge on any atom is -0.325 e. The quantitative estimate of drug-likeness (QED) is 0.838. The van der Waals surface area contributed by atoms with Crippen LogP contribution in [0.1, 0.15) is 12.7 Å². The second-order valence-electron chi connectivity index (χ2n) is 4.32. The van der Waals surface area contributed by atoms with Crippen molar-refractivity contribution in [1.82, 2.24) is 20.1 Å². The Balaban J connectivity index is 1.84. The third kappa shape index (κ3) is 3.62. The maximum absolute atomic E-state index is 11.9. The van der Waals surface area contributed by atoms with Gasteiger partial charge in [0.25, 0.3) is 0 Å². The molecule has 1 aromatic heterocycles. The number of para-hydroxylation sites is 1. The monoisotopic (exact) mass is 259 g/mol. The molecule has 1 heterocycles. The zero-order valence-corrected chi connectivity index (χ0v) is 11.0. The van der Waals surface area contributed by atoms with Gasteiger partial charge in [0.1, 0.15) is 12.2 Å². The Morgan fingerprint density at radius 2 is 2.11 bits per heavy atom. The Morgan fingerprint density at radius 1 is 1.37 bits per heavy atom. The van der Waals surface area contributed by atoms with Crippen LogP contribution in [0.4, 0.5) is 5.69 Å². The van der Waals surface area contributed by atoms with Crippen LogP contribution in [0, 0.1) is 0 Å². The van der Waals surface area contributed by atoms with E-state index in [-0.39, 0.29) is 11.9 Å². The number of rotatable bonds is 5. The molecule has 2 rings (SSSR count). The van der Waals surface area contributed by atoms with Gasteiger partial charge in [-0.15, -0.1) is 10.2 Å². The van der Waals surface area contributed by atoms with Crippen LogP contribution in [0.5, 0.6) is 0 Å². The number of anilines is 1. The molecule has 0 aliphatic heterocycles. The van der Waals surface area contributed by atoms with E-state index in [1.54, 1.807) is 6.33 Å². The zero-order valence-electron chi connectivity index (χ0n) is 11.0. The number of carbonyl (C=O) groups is 1. The molecule has 0 saturated carbocycles. The lowest BCUT2D eigenvalue weighted by Crippen LogP contribution is -2.38. The number of nitrogens with zero attached hydrogens (tertiary/aromatic N) is 3. The molecule has 0 spiro atoms. The first kappa shape index (κ1) is 13.2. The van der Waals surface area contributed by atoms with Gasteiger partial charge in [-0.3, -0.25) is 10.1 Å². The van der Waals surface area contributed by atoms with Crippen molar-refractivity contribution in [2.45, 2.75) is 19.5 Å². The molecule has 19 heavy (non-hydrogen) atoms. The van der Waals surface area contributed by atoms with E-state index in [0.29, 0.717) is 6.54 Å². The topological polar surface area (TPSA) is 71.8 Å². The minimum absolute atomic E-state index is 0.0756. The SMILES string of the molecule is CC(NCc1nncn1C)C(=O)Nc1ccccc1. The summed E-state index contributed by atoms with van der Waals surface area (Å²) in [5.41, 5.74) is 0.791. The number of aryl methyl sites for hydroxylation is 1. The van der Waals surface area contributed by atoms with Gasteiger partial charge in [0.15, 0.2) is 0 Å². The van der Waals surface area contributed by atoms with Gasteiger partial charge in [-0.05, 0) is 19.1 Å². The van der Waals surface area contributed by atoms with Crippen LogP contribution in [-0.4, -0.2) is 26.7 Å². The highest BCUT2D eigenvalue weighted by atomic mass is 16.2. The Bertz CT molecular complexity index is 537. The largest absolute Gasteiger partial charge is 0.325 e. The number of amides is 1. The van der Waals surface area contributed by atoms with Crippen molar-refractivity contribution in [3.05, 3.63) is 42.5 Å². The lowest BCUT2D eigenvalue weighted by molar-refractivity contribution is -0.117. The summed E-state index contributed by atoms with van der Waals surface area (Å²) in [4.78, 5) is 11.9. The highest BCUT2D eigenvalue weighted by Crippen LogP contribution is 2.05. The summed E-state index contributed by atoms with van der Waals surface area (Å²) in [6.45, 7) is 2.31. The summed E-state index contributed by atoms with van der Waals surface area (Å²) >= 11 is 0. The third-order valence-electron chi connectivity index (χ3n) is 2.81. The van der Waals surface area contributed by atoms with Crippen LogP contribution in [0.3, 0.4) is 0 Å². The minimum atomic E-state index is -0.308. The van der Waals surface area contributed by atoms with Crippen LogP contribution < -0.4 is 10.6 Å². The molecule has 1 atom stereocenters. The van der Waals surface area contributed by atoms with E-state index in [4.69, 9.17) is 0 Å². The van der Waals surface area contributed by atoms with Crippen LogP contribution in [0.15, 0.2) is 36.7 Å². The fraction of sp³-hybridized carbons (Fsp3) is 0.308. The average molecular weight is 259 g/mol. The normalized spacial score (nSPS) is 12.1. The van der Waals surface area contributed by atoms with E-state index in [0.717, 1.165) is 11.5 Å². The van der Waals surface area contributed by atoms with Gasteiger partial charge in [0.05, 0.1) is 12.6 Å². The molecule has 1 aromatic carbocycles. The molecule has 1 amide bonds. The Kier molecular flexibility index (Phi) is 4.25. The molecule has 0 bridgehead atoms. The van der Waals surface area contributed by atoms with E-state index in [1.807, 2.05) is 48.9 Å². The van der Waals surface area contributed by atoms with E-state index >= 15 is 0 Å². The first-order chi connectivity index (χ1) is 9.16. The van der Waals surface area contributed by atoms with Gasteiger partial charge in [0, 0.05) is 12.7 Å². The standard InChI is InChI=1S/C13H17N5O/c1-10(14-8-12-17-15-9-18(12)2)13(19)16-11-6-4-3-5-7-11/h3-7,9-10,14H,8H2,1-2H3,(H,16,19). The van der Waals surface area contributed by atoms with Crippen molar-refractivity contribution in [1.29, 1.82) is 0 Å². The molecule has 100 valence electrons. The van der Waals surface area contributed by atoms with Crippen LogP contribution in [-0.2, 0) is 18.4 Å². The Labute approximate surface area is 111 Å². The van der Waals surface area contributed by atoms with Gasteiger partial charge < -0.3 is 9.88 Å². The van der Waals surface area contributed by atoms with Gasteiger partial charge >= 0.3 is 0 Å². The summed E-state index contributed by atoms with van der Waals surface area (Å²) in [5.74, 6) is 0.715. The number of aromatic nitrogens is 3. The molecule has 0 radical (unpaired) electrons. The van der Waals surface area contributed by atoms with Crippen LogP contribution in [0.25, 0.3) is 0 Å². The Hall–Kier alpha value is -2.21. The lowest BCUT2D eigenvalue weighted by Gasteiger charge is -2.13. The van der Waals surface area contributed by atoms with Crippen LogP contribution >= 0.6 is 0 Å². The molecule has 6 nitrogen and oxygen atoms in total. The molecule has 1 unspecified atom stereocenters. The molecular formula is C13H17N5O. The number of carbonyl (C=O) groups excluding carboxylic acids is 1. The van der Waals surface area contributed by atoms with Gasteiger partial charge in [0.2, 0.25) is 5.91 Å². The zero-order chi connectivity index (χ0) is 13.7. The van der Waals surface area contributed by atoms with E-state index < -0.39 is 0 Å². The molecule has 0 aliphatic carbocycles. The summed E-state index contributed by atoms with van der Waals surface area (Å²) in [6, 6.07) is 9.07. The molecular weight excluding hydrogens is 242 g/mol. The predicted molar refractivity (Wildman–Crippen MR) is 72.4 cm³/mol. The number of hydrogen-bond donors (Lipinski definition) is 2. The van der Waals surface area contributed by atoms with Crippen molar-refractivity contribution in [3.63, 3.8) is 0 Å². The van der Waals surface area contributed by atoms with Crippen molar-refractivity contribution in [3.8, 4) is 0 Å². The molecule has 2 aromatic rings. The van der Waals surface area contributed by atoms with E-state index in [1.165, 1.54) is 0 Å². The van der Waals surface area contributed by atoms with Crippen molar-refractivity contribution < 1.29 is 4.79 Å². The maximum atomic E-state index is 11.9. The van der Waals surface area contributed by atoms with Crippen molar-refractivity contribution in [2.24, 2.45) is 7.05 Å².